The second-order valence-electron chi connectivity index (χ2n) is 4.94. The van der Waals surface area contributed by atoms with Crippen molar-refractivity contribution in [2.45, 2.75) is 26.1 Å². The molecule has 1 atom stereocenters. The Labute approximate surface area is 107 Å². The third-order valence-corrected chi connectivity index (χ3v) is 3.79. The number of benzene rings is 2. The summed E-state index contributed by atoms with van der Waals surface area (Å²) in [5.74, 6) is 0.329. The maximum absolute atomic E-state index is 9.33. The third-order valence-electron chi connectivity index (χ3n) is 3.79. The van der Waals surface area contributed by atoms with E-state index >= 15 is 0 Å². The Bertz CT molecular complexity index is 522. The first-order valence-electron chi connectivity index (χ1n) is 6.34. The number of rotatable bonds is 2. The molecule has 0 aromatic heterocycles. The molecule has 1 N–H and O–H groups in total. The highest BCUT2D eigenvalue weighted by Crippen LogP contribution is 2.31. The first kappa shape index (κ1) is 11.3. The SMILES string of the molecule is CC(c1ccc(O)cc1)N1Cc2ccccc2C1. The van der Waals surface area contributed by atoms with Crippen LogP contribution < -0.4 is 0 Å². The Balaban J connectivity index is 1.80. The second-order valence-corrected chi connectivity index (χ2v) is 4.94. The zero-order valence-corrected chi connectivity index (χ0v) is 10.5. The average Bonchev–Trinajstić information content (AvgIpc) is 2.82. The van der Waals surface area contributed by atoms with Crippen molar-refractivity contribution in [3.8, 4) is 5.75 Å². The Hall–Kier alpha value is -1.80. The molecule has 1 aliphatic heterocycles. The molecule has 2 heteroatoms. The minimum absolute atomic E-state index is 0.329. The Kier molecular flexibility index (Phi) is 2.80. The molecule has 0 saturated carbocycles. The predicted molar refractivity (Wildman–Crippen MR) is 72.2 cm³/mol. The lowest BCUT2D eigenvalue weighted by Gasteiger charge is -2.24. The molecule has 0 radical (unpaired) electrons. The molecule has 2 nitrogen and oxygen atoms in total. The van der Waals surface area contributed by atoms with Crippen LogP contribution in [0.5, 0.6) is 5.75 Å². The van der Waals surface area contributed by atoms with Gasteiger partial charge in [-0.25, -0.2) is 0 Å². The van der Waals surface area contributed by atoms with Crippen LogP contribution in [0.1, 0.15) is 29.7 Å². The number of aromatic hydroxyl groups is 1. The van der Waals surface area contributed by atoms with Crippen LogP contribution in [0, 0.1) is 0 Å². The normalized spacial score (nSPS) is 16.5. The van der Waals surface area contributed by atoms with E-state index < -0.39 is 0 Å². The molecule has 2 aromatic rings. The molecule has 1 aliphatic rings. The van der Waals surface area contributed by atoms with E-state index in [-0.39, 0.29) is 0 Å². The summed E-state index contributed by atoms with van der Waals surface area (Å²) < 4.78 is 0. The van der Waals surface area contributed by atoms with Crippen molar-refractivity contribution in [3.05, 3.63) is 65.2 Å². The summed E-state index contributed by atoms with van der Waals surface area (Å²) in [7, 11) is 0. The fraction of sp³-hybridized carbons (Fsp3) is 0.250. The van der Waals surface area contributed by atoms with Crippen LogP contribution in [-0.4, -0.2) is 10.0 Å². The van der Waals surface area contributed by atoms with E-state index in [4.69, 9.17) is 0 Å². The zero-order chi connectivity index (χ0) is 12.5. The molecule has 2 aromatic carbocycles. The zero-order valence-electron chi connectivity index (χ0n) is 10.5. The molecule has 0 fully saturated rings. The summed E-state index contributed by atoms with van der Waals surface area (Å²) in [6.07, 6.45) is 0. The van der Waals surface area contributed by atoms with E-state index in [2.05, 4.69) is 36.1 Å². The lowest BCUT2D eigenvalue weighted by Crippen LogP contribution is -2.20. The quantitative estimate of drug-likeness (QED) is 0.867. The highest BCUT2D eigenvalue weighted by Gasteiger charge is 2.23. The summed E-state index contributed by atoms with van der Waals surface area (Å²) in [5.41, 5.74) is 4.12. The lowest BCUT2D eigenvalue weighted by molar-refractivity contribution is 0.215. The molecular formula is C16H17NO. The Morgan fingerprint density at radius 2 is 1.50 bits per heavy atom. The number of phenols is 1. The lowest BCUT2D eigenvalue weighted by atomic mass is 10.1. The van der Waals surface area contributed by atoms with Crippen LogP contribution in [0.4, 0.5) is 0 Å². The van der Waals surface area contributed by atoms with Crippen molar-refractivity contribution in [3.63, 3.8) is 0 Å². The van der Waals surface area contributed by atoms with Gasteiger partial charge in [0.25, 0.3) is 0 Å². The van der Waals surface area contributed by atoms with Gasteiger partial charge in [0.1, 0.15) is 5.75 Å². The molecule has 0 spiro atoms. The number of fused-ring (bicyclic) bond motifs is 1. The van der Waals surface area contributed by atoms with E-state index in [1.165, 1.54) is 16.7 Å². The topological polar surface area (TPSA) is 23.5 Å². The standard InChI is InChI=1S/C16H17NO/c1-12(13-6-8-16(18)9-7-13)17-10-14-4-2-3-5-15(14)11-17/h2-9,12,18H,10-11H2,1H3. The summed E-state index contributed by atoms with van der Waals surface area (Å²) in [6, 6.07) is 16.5. The fourth-order valence-electron chi connectivity index (χ4n) is 2.60. The molecule has 92 valence electrons. The van der Waals surface area contributed by atoms with Crippen molar-refractivity contribution < 1.29 is 5.11 Å². The fourth-order valence-corrected chi connectivity index (χ4v) is 2.60. The predicted octanol–water partition coefficient (Wildman–Crippen LogP) is 3.47. The molecule has 1 unspecified atom stereocenters. The van der Waals surface area contributed by atoms with E-state index in [1.54, 1.807) is 12.1 Å². The van der Waals surface area contributed by atoms with E-state index in [1.807, 2.05) is 12.1 Å². The molecule has 0 amide bonds. The van der Waals surface area contributed by atoms with Gasteiger partial charge < -0.3 is 5.11 Å². The highest BCUT2D eigenvalue weighted by molar-refractivity contribution is 5.32. The van der Waals surface area contributed by atoms with Gasteiger partial charge in [0.05, 0.1) is 0 Å². The maximum Gasteiger partial charge on any atom is 0.115 e. The first-order chi connectivity index (χ1) is 8.74. The van der Waals surface area contributed by atoms with Gasteiger partial charge in [-0.1, -0.05) is 36.4 Å². The second kappa shape index (κ2) is 4.46. The van der Waals surface area contributed by atoms with Gasteiger partial charge in [0.15, 0.2) is 0 Å². The number of hydrogen-bond donors (Lipinski definition) is 1. The van der Waals surface area contributed by atoms with Gasteiger partial charge in [0.2, 0.25) is 0 Å². The monoisotopic (exact) mass is 239 g/mol. The van der Waals surface area contributed by atoms with Crippen molar-refractivity contribution >= 4 is 0 Å². The summed E-state index contributed by atoms with van der Waals surface area (Å²) in [5, 5.41) is 9.33. The minimum Gasteiger partial charge on any atom is -0.508 e. The van der Waals surface area contributed by atoms with Crippen molar-refractivity contribution in [1.82, 2.24) is 4.90 Å². The third kappa shape index (κ3) is 2.00. The molecule has 1 heterocycles. The van der Waals surface area contributed by atoms with Crippen LogP contribution in [0.25, 0.3) is 0 Å². The minimum atomic E-state index is 0.329. The van der Waals surface area contributed by atoms with Gasteiger partial charge in [-0.05, 0) is 35.7 Å². The summed E-state index contributed by atoms with van der Waals surface area (Å²) in [4.78, 5) is 2.46. The molecule has 0 saturated heterocycles. The van der Waals surface area contributed by atoms with Crippen LogP contribution in [0.3, 0.4) is 0 Å². The first-order valence-corrected chi connectivity index (χ1v) is 6.34. The molecule has 0 aliphatic carbocycles. The van der Waals surface area contributed by atoms with Gasteiger partial charge in [-0.3, -0.25) is 4.90 Å². The van der Waals surface area contributed by atoms with Gasteiger partial charge >= 0.3 is 0 Å². The van der Waals surface area contributed by atoms with Crippen LogP contribution in [0.2, 0.25) is 0 Å². The maximum atomic E-state index is 9.33. The van der Waals surface area contributed by atoms with E-state index in [9.17, 15) is 5.11 Å². The van der Waals surface area contributed by atoms with Crippen LogP contribution >= 0.6 is 0 Å². The van der Waals surface area contributed by atoms with E-state index in [0.29, 0.717) is 11.8 Å². The summed E-state index contributed by atoms with van der Waals surface area (Å²) in [6.45, 7) is 4.24. The van der Waals surface area contributed by atoms with Crippen molar-refractivity contribution in [1.29, 1.82) is 0 Å². The highest BCUT2D eigenvalue weighted by atomic mass is 16.3. The average molecular weight is 239 g/mol. The van der Waals surface area contributed by atoms with Gasteiger partial charge in [-0.15, -0.1) is 0 Å². The van der Waals surface area contributed by atoms with Crippen LogP contribution in [0.15, 0.2) is 48.5 Å². The largest absolute Gasteiger partial charge is 0.508 e. The smallest absolute Gasteiger partial charge is 0.115 e. The molecule has 0 bridgehead atoms. The summed E-state index contributed by atoms with van der Waals surface area (Å²) >= 11 is 0. The van der Waals surface area contributed by atoms with Crippen molar-refractivity contribution in [2.24, 2.45) is 0 Å². The Morgan fingerprint density at radius 3 is 2.06 bits per heavy atom. The molecule has 18 heavy (non-hydrogen) atoms. The Morgan fingerprint density at radius 1 is 0.944 bits per heavy atom. The molecular weight excluding hydrogens is 222 g/mol. The van der Waals surface area contributed by atoms with Crippen molar-refractivity contribution in [2.75, 3.05) is 0 Å². The van der Waals surface area contributed by atoms with Crippen LogP contribution in [-0.2, 0) is 13.1 Å². The molecule has 3 rings (SSSR count). The number of phenolic OH excluding ortho intramolecular Hbond substituents is 1. The number of nitrogens with zero attached hydrogens (tertiary/aromatic N) is 1. The van der Waals surface area contributed by atoms with Gasteiger partial charge in [-0.2, -0.15) is 0 Å². The van der Waals surface area contributed by atoms with Gasteiger partial charge in [0, 0.05) is 19.1 Å². The number of hydrogen-bond acceptors (Lipinski definition) is 2. The van der Waals surface area contributed by atoms with E-state index in [0.717, 1.165) is 13.1 Å².